The Labute approximate surface area is 242 Å². The Balaban J connectivity index is 1.50. The molecule has 4 rings (SSSR count). The fourth-order valence-corrected chi connectivity index (χ4v) is 5.08. The van der Waals surface area contributed by atoms with E-state index >= 15 is 8.78 Å². The van der Waals surface area contributed by atoms with Crippen molar-refractivity contribution in [3.05, 3.63) is 6.33 Å². The van der Waals surface area contributed by atoms with Crippen LogP contribution in [0.3, 0.4) is 0 Å². The largest absolute Gasteiger partial charge is 0.510 e. The minimum absolute atomic E-state index is 0.0218. The summed E-state index contributed by atoms with van der Waals surface area (Å²) in [6, 6.07) is 0. The molecule has 3 N–H and O–H groups in total. The molecule has 5 atom stereocenters. The highest BCUT2D eigenvalue weighted by molar-refractivity contribution is 7.48. The predicted molar refractivity (Wildman–Crippen MR) is 134 cm³/mol. The number of phosphoric ester groups is 1. The van der Waals surface area contributed by atoms with Crippen molar-refractivity contribution in [2.45, 2.75) is 76.8 Å². The molecule has 0 aromatic carbocycles. The van der Waals surface area contributed by atoms with Gasteiger partial charge in [-0.3, -0.25) is 9.09 Å². The van der Waals surface area contributed by atoms with Crippen LogP contribution in [0.4, 0.5) is 24.3 Å². The average Bonchev–Trinajstić information content (AvgIpc) is 3.15. The third kappa shape index (κ3) is 6.43. The van der Waals surface area contributed by atoms with E-state index in [1.54, 1.807) is 6.92 Å². The summed E-state index contributed by atoms with van der Waals surface area (Å²) >= 11 is 0. The van der Waals surface area contributed by atoms with Crippen molar-refractivity contribution in [2.24, 2.45) is 0 Å². The Hall–Kier alpha value is -3.42. The fraction of sp³-hybridized carbons (Fsp3) is 0.682. The summed E-state index contributed by atoms with van der Waals surface area (Å²) in [4.78, 5) is 35.2. The topological polar surface area (TPSA) is 224 Å². The number of anilines is 1. The summed E-state index contributed by atoms with van der Waals surface area (Å²) in [5.74, 6) is -3.58. The van der Waals surface area contributed by atoms with Crippen LogP contribution >= 0.6 is 7.82 Å². The Kier molecular flexibility index (Phi) is 9.29. The van der Waals surface area contributed by atoms with Gasteiger partial charge in [0, 0.05) is 0 Å². The summed E-state index contributed by atoms with van der Waals surface area (Å²) in [7, 11) is -5.08. The molecule has 18 nitrogen and oxygen atoms in total. The molecule has 1 aliphatic carbocycles. The lowest BCUT2D eigenvalue weighted by molar-refractivity contribution is -0.144. The van der Waals surface area contributed by atoms with E-state index in [1.807, 2.05) is 0 Å². The Bertz CT molecular complexity index is 1370. The number of imidazole rings is 1. The van der Waals surface area contributed by atoms with Crippen LogP contribution in [0.1, 0.15) is 40.8 Å². The number of carbonyl (C=O) groups excluding carboxylic acids is 2. The summed E-state index contributed by atoms with van der Waals surface area (Å²) in [6.45, 7) is 5.69. The number of hydrogen-bond acceptors (Lipinski definition) is 17. The van der Waals surface area contributed by atoms with Gasteiger partial charge in [-0.2, -0.15) is 9.97 Å². The van der Waals surface area contributed by atoms with Crippen molar-refractivity contribution in [1.82, 2.24) is 19.5 Å². The number of fused-ring (bicyclic) bond motifs is 2. The van der Waals surface area contributed by atoms with Crippen LogP contribution in [-0.4, -0.2) is 93.1 Å². The number of carbonyl (C=O) groups is 2. The molecular weight excluding hydrogens is 611 g/mol. The highest BCUT2D eigenvalue weighted by Gasteiger charge is 2.92. The molecule has 0 amide bonds. The number of nitrogen functional groups attached to an aromatic ring is 1. The number of hydrogen-bond donors (Lipinski definition) is 2. The normalized spacial score (nSPS) is 26.4. The zero-order valence-electron chi connectivity index (χ0n) is 23.5. The van der Waals surface area contributed by atoms with Crippen molar-refractivity contribution < 1.29 is 70.0 Å². The quantitative estimate of drug-likeness (QED) is 0.182. The number of halogens is 2. The molecular formula is C22H30F2N5O13P. The molecule has 1 saturated heterocycles. The van der Waals surface area contributed by atoms with Gasteiger partial charge in [0.15, 0.2) is 35.3 Å². The summed E-state index contributed by atoms with van der Waals surface area (Å²) in [6.07, 6.45) is -9.30. The molecule has 3 heterocycles. The molecule has 1 saturated carbocycles. The van der Waals surface area contributed by atoms with Crippen molar-refractivity contribution in [2.75, 3.05) is 25.9 Å². The number of aromatic nitrogens is 4. The van der Waals surface area contributed by atoms with E-state index in [2.05, 4.69) is 24.4 Å². The Morgan fingerprint density at radius 2 is 1.72 bits per heavy atom. The second-order valence-corrected chi connectivity index (χ2v) is 11.2. The lowest BCUT2D eigenvalue weighted by Crippen LogP contribution is -2.34. The van der Waals surface area contributed by atoms with E-state index in [9.17, 15) is 19.3 Å². The van der Waals surface area contributed by atoms with Gasteiger partial charge in [-0.1, -0.05) is 0 Å². The van der Waals surface area contributed by atoms with Crippen LogP contribution in [0.2, 0.25) is 0 Å². The first-order chi connectivity index (χ1) is 20.1. The first-order valence-electron chi connectivity index (χ1n) is 12.8. The Morgan fingerprint density at radius 1 is 1.14 bits per heavy atom. The second kappa shape index (κ2) is 12.3. The molecule has 1 unspecified atom stereocenters. The number of aliphatic hydroxyl groups is 1. The van der Waals surface area contributed by atoms with Crippen molar-refractivity contribution in [1.29, 1.82) is 0 Å². The molecule has 0 bridgehead atoms. The van der Waals surface area contributed by atoms with Gasteiger partial charge >= 0.3 is 20.1 Å². The maximum atomic E-state index is 15.8. The molecule has 2 aromatic heterocycles. The monoisotopic (exact) mass is 641 g/mol. The molecule has 1 aliphatic heterocycles. The third-order valence-corrected chi connectivity index (χ3v) is 7.11. The number of ether oxygens (including phenoxy) is 6. The van der Waals surface area contributed by atoms with Crippen molar-refractivity contribution >= 4 is 37.2 Å². The van der Waals surface area contributed by atoms with Gasteiger partial charge in [-0.25, -0.2) is 37.0 Å². The molecule has 2 fully saturated rings. The first-order valence-corrected chi connectivity index (χ1v) is 14.2. The smallest absolute Gasteiger partial charge is 0.476 e. The van der Waals surface area contributed by atoms with Gasteiger partial charge in [-0.05, 0) is 34.6 Å². The van der Waals surface area contributed by atoms with Crippen LogP contribution in [0, 0.1) is 0 Å². The van der Waals surface area contributed by atoms with Crippen LogP contribution in [0.25, 0.3) is 11.2 Å². The van der Waals surface area contributed by atoms with E-state index in [4.69, 9.17) is 38.3 Å². The van der Waals surface area contributed by atoms with Crippen molar-refractivity contribution in [3.8, 4) is 5.88 Å². The zero-order valence-corrected chi connectivity index (χ0v) is 24.4. The molecule has 43 heavy (non-hydrogen) atoms. The van der Waals surface area contributed by atoms with E-state index in [0.717, 1.165) is 10.9 Å². The van der Waals surface area contributed by atoms with E-state index in [0.29, 0.717) is 0 Å². The lowest BCUT2D eigenvalue weighted by Gasteiger charge is -2.23. The van der Waals surface area contributed by atoms with E-state index in [-0.39, 0.29) is 29.6 Å². The Morgan fingerprint density at radius 3 is 2.21 bits per heavy atom. The molecule has 0 radical (unpaired) electrons. The summed E-state index contributed by atoms with van der Waals surface area (Å²) in [5.41, 5.74) is 2.61. The number of phosphoric acid groups is 1. The van der Waals surface area contributed by atoms with Gasteiger partial charge in [0.2, 0.25) is 25.4 Å². The van der Waals surface area contributed by atoms with Gasteiger partial charge in [0.05, 0.1) is 25.1 Å². The maximum absolute atomic E-state index is 15.8. The average molecular weight is 641 g/mol. The first kappa shape index (κ1) is 32.5. The predicted octanol–water partition coefficient (Wildman–Crippen LogP) is 2.65. The third-order valence-electron chi connectivity index (χ3n) is 5.80. The van der Waals surface area contributed by atoms with Crippen LogP contribution < -0.4 is 10.5 Å². The lowest BCUT2D eigenvalue weighted by atomic mass is 10.2. The van der Waals surface area contributed by atoms with Gasteiger partial charge < -0.3 is 39.3 Å². The molecule has 240 valence electrons. The van der Waals surface area contributed by atoms with Crippen LogP contribution in [0.15, 0.2) is 6.33 Å². The fourth-order valence-electron chi connectivity index (χ4n) is 3.96. The highest BCUT2D eigenvalue weighted by atomic mass is 31.2. The van der Waals surface area contributed by atoms with Gasteiger partial charge in [0.1, 0.15) is 0 Å². The summed E-state index contributed by atoms with van der Waals surface area (Å²) < 4.78 is 89.6. The zero-order chi connectivity index (χ0) is 31.7. The number of nitrogens with zero attached hydrogens (tertiary/aromatic N) is 4. The van der Waals surface area contributed by atoms with E-state index in [1.165, 1.54) is 27.7 Å². The summed E-state index contributed by atoms with van der Waals surface area (Å²) in [5, 5.41) is 10.9. The molecule has 0 spiro atoms. The van der Waals surface area contributed by atoms with Crippen molar-refractivity contribution in [3.63, 3.8) is 0 Å². The van der Waals surface area contributed by atoms with E-state index < -0.39 is 75.9 Å². The molecule has 2 aliphatic rings. The van der Waals surface area contributed by atoms with Crippen LogP contribution in [-0.2, 0) is 41.8 Å². The van der Waals surface area contributed by atoms with Gasteiger partial charge in [0.25, 0.3) is 5.85 Å². The number of rotatable bonds is 13. The number of alkyl halides is 2. The minimum Gasteiger partial charge on any atom is -0.476 e. The van der Waals surface area contributed by atoms with Gasteiger partial charge in [-0.15, -0.1) is 0 Å². The molecule has 2 aromatic rings. The second-order valence-electron chi connectivity index (χ2n) is 9.57. The molecule has 21 heteroatoms. The van der Waals surface area contributed by atoms with Crippen LogP contribution in [0.5, 0.6) is 5.88 Å². The highest BCUT2D eigenvalue weighted by Crippen LogP contribution is 2.70. The standard InChI is InChI=1S/C22H30F2N5O13P/c1-6-34-15-12-14(27-18(25)28-15)29(7-26-12)16-13(23)21(32)17(22(21,24)41-16)42-43(33,37-8-35-19(30)39-10(2)3)38-9-36-20(31)40-11(4)5/h7,10-11,13,16-17,32H,6,8-9H2,1-5H3,(H2,25,27,28)/t13-,16+,17?,21+,22+/m0/s1. The SMILES string of the molecule is CCOc1nc(N)nc2c1ncn2[C@@H]1O[C@]2(F)C(OP(=O)(OCOC(=O)OC(C)C)OCOC(=O)OC(C)C)[C@]2(O)[C@H]1F. The maximum Gasteiger partial charge on any atom is 0.510 e. The minimum atomic E-state index is -5.08. The number of nitrogens with two attached hydrogens (primary N) is 1.